The van der Waals surface area contributed by atoms with E-state index in [9.17, 15) is 31.2 Å². The van der Waals surface area contributed by atoms with Gasteiger partial charge in [0.15, 0.2) is 0 Å². The molecule has 6 radical (unpaired) electrons. The summed E-state index contributed by atoms with van der Waals surface area (Å²) in [5, 5.41) is 0.241. The lowest BCUT2D eigenvalue weighted by Gasteiger charge is -2.20. The molecule has 0 aliphatic heterocycles. The summed E-state index contributed by atoms with van der Waals surface area (Å²) in [5.41, 5.74) is 1.44. The van der Waals surface area contributed by atoms with Crippen molar-refractivity contribution in [1.29, 1.82) is 0 Å². The molecule has 0 fully saturated rings. The molecule has 0 heterocycles. The van der Waals surface area contributed by atoms with Crippen molar-refractivity contribution in [3.63, 3.8) is 0 Å². The van der Waals surface area contributed by atoms with Gasteiger partial charge in [-0.05, 0) is 29.1 Å². The quantitative estimate of drug-likeness (QED) is 0.193. The Hall–Kier alpha value is -3.25. The zero-order valence-corrected chi connectivity index (χ0v) is 20.5. The van der Waals surface area contributed by atoms with E-state index >= 15 is 0 Å². The Labute approximate surface area is 220 Å². The molecule has 38 heavy (non-hydrogen) atoms. The first-order chi connectivity index (χ1) is 17.8. The maximum absolute atomic E-state index is 13.2. The molecule has 1 atom stereocenters. The van der Waals surface area contributed by atoms with Crippen LogP contribution in [0.15, 0.2) is 48.5 Å². The number of benzene rings is 3. The average molecular weight is 540 g/mol. The molecule has 0 bridgehead atoms. The van der Waals surface area contributed by atoms with Gasteiger partial charge in [0, 0.05) is 5.39 Å². The number of rotatable bonds is 9. The van der Waals surface area contributed by atoms with Crippen LogP contribution in [-0.2, 0) is 33.8 Å². The number of esters is 2. The molecular weight excluding hydrogens is 522 g/mol. The van der Waals surface area contributed by atoms with E-state index in [0.29, 0.717) is 16.7 Å². The van der Waals surface area contributed by atoms with Gasteiger partial charge in [0.1, 0.15) is 11.5 Å². The number of ether oxygens (including phenoxy) is 2. The highest BCUT2D eigenvalue weighted by Gasteiger charge is 2.45. The predicted molar refractivity (Wildman–Crippen MR) is 135 cm³/mol. The molecule has 0 aliphatic rings. The number of alkyl halides is 3. The van der Waals surface area contributed by atoms with E-state index in [1.807, 2.05) is 0 Å². The van der Waals surface area contributed by atoms with Gasteiger partial charge in [0.2, 0.25) is 6.10 Å². The molecule has 0 saturated carbocycles. The maximum Gasteiger partial charge on any atom is 0.426 e. The molecule has 3 rings (SSSR count). The van der Waals surface area contributed by atoms with Crippen molar-refractivity contribution in [3.8, 4) is 5.75 Å². The summed E-state index contributed by atoms with van der Waals surface area (Å²) in [6.07, 6.45) is -8.18. The third-order valence-corrected chi connectivity index (χ3v) is 6.29. The van der Waals surface area contributed by atoms with Gasteiger partial charge in [-0.3, -0.25) is 4.55 Å². The SMILES string of the molecule is [B]Cc1cc(C[B])c(C[B])c(C(=O)Oc2cccc3c(C(=O)OC(CS(=O)(=O)O)C(F)(F)F)cccc23)c1. The minimum Gasteiger partial charge on any atom is -0.448 e. The molecule has 14 heteroatoms. The summed E-state index contributed by atoms with van der Waals surface area (Å²) in [6, 6.07) is 11.4. The first-order valence-electron chi connectivity index (χ1n) is 11.0. The summed E-state index contributed by atoms with van der Waals surface area (Å²) in [5.74, 6) is -4.20. The van der Waals surface area contributed by atoms with Gasteiger partial charge in [-0.15, -0.1) is 0 Å². The fourth-order valence-corrected chi connectivity index (χ4v) is 4.44. The molecule has 1 unspecified atom stereocenters. The van der Waals surface area contributed by atoms with Crippen molar-refractivity contribution < 1.29 is 45.2 Å². The Bertz CT molecular complexity index is 1480. The molecule has 0 saturated heterocycles. The molecule has 0 spiro atoms. The van der Waals surface area contributed by atoms with E-state index in [-0.39, 0.29) is 46.6 Å². The number of hydrogen-bond donors (Lipinski definition) is 1. The van der Waals surface area contributed by atoms with Crippen molar-refractivity contribution in [3.05, 3.63) is 76.3 Å². The van der Waals surface area contributed by atoms with Crippen LogP contribution in [0.1, 0.15) is 37.4 Å². The Balaban J connectivity index is 2.00. The van der Waals surface area contributed by atoms with E-state index < -0.39 is 40.1 Å². The topological polar surface area (TPSA) is 107 Å². The van der Waals surface area contributed by atoms with Gasteiger partial charge in [-0.1, -0.05) is 60.4 Å². The normalized spacial score (nSPS) is 12.7. The standard InChI is InChI=1S/C24H18B3F3O7S/c25-9-13-7-14(10-26)19(11-27)18(8-13)23(32)36-20-6-2-3-15-16(20)4-1-5-17(15)22(31)37-21(24(28,29)30)12-38(33,34)35/h1-8,21H,9-12H2,(H,33,34,35). The first-order valence-corrected chi connectivity index (χ1v) is 12.6. The average Bonchev–Trinajstić information content (AvgIpc) is 2.85. The number of halogens is 3. The predicted octanol–water partition coefficient (Wildman–Crippen LogP) is 3.04. The molecule has 0 amide bonds. The van der Waals surface area contributed by atoms with Crippen molar-refractivity contribution in [2.45, 2.75) is 31.2 Å². The van der Waals surface area contributed by atoms with Gasteiger partial charge in [-0.25, -0.2) is 9.59 Å². The Morgan fingerprint density at radius 3 is 2.13 bits per heavy atom. The fourth-order valence-electron chi connectivity index (χ4n) is 3.80. The third kappa shape index (κ3) is 6.79. The second-order valence-electron chi connectivity index (χ2n) is 8.12. The monoisotopic (exact) mass is 540 g/mol. The third-order valence-electron chi connectivity index (χ3n) is 5.56. The number of carbonyl (C=O) groups excluding carboxylic acids is 2. The van der Waals surface area contributed by atoms with Crippen LogP contribution in [0, 0.1) is 0 Å². The summed E-state index contributed by atoms with van der Waals surface area (Å²) in [4.78, 5) is 25.8. The van der Waals surface area contributed by atoms with Crippen LogP contribution in [0.4, 0.5) is 13.2 Å². The van der Waals surface area contributed by atoms with E-state index in [1.54, 1.807) is 6.07 Å². The minimum absolute atomic E-state index is 0.0166. The van der Waals surface area contributed by atoms with Gasteiger partial charge in [0.05, 0.1) is 34.7 Å². The van der Waals surface area contributed by atoms with Crippen LogP contribution in [0.5, 0.6) is 5.75 Å². The van der Waals surface area contributed by atoms with E-state index in [4.69, 9.17) is 32.8 Å². The molecule has 1 N–H and O–H groups in total. The van der Waals surface area contributed by atoms with Crippen molar-refractivity contribution in [2.75, 3.05) is 5.75 Å². The second kappa shape index (κ2) is 11.6. The Morgan fingerprint density at radius 1 is 0.895 bits per heavy atom. The lowest BCUT2D eigenvalue weighted by Crippen LogP contribution is -2.39. The van der Waals surface area contributed by atoms with Crippen molar-refractivity contribution >= 4 is 56.4 Å². The zero-order chi connectivity index (χ0) is 28.3. The van der Waals surface area contributed by atoms with Crippen molar-refractivity contribution in [1.82, 2.24) is 0 Å². The highest BCUT2D eigenvalue weighted by molar-refractivity contribution is 7.85. The molecular formula is C24H18B3F3O7S. The van der Waals surface area contributed by atoms with E-state index in [0.717, 1.165) is 6.07 Å². The summed E-state index contributed by atoms with van der Waals surface area (Å²) in [7, 11) is 12.2. The van der Waals surface area contributed by atoms with Gasteiger partial charge < -0.3 is 9.47 Å². The van der Waals surface area contributed by atoms with Crippen LogP contribution in [0.2, 0.25) is 0 Å². The summed E-state index contributed by atoms with van der Waals surface area (Å²) in [6.45, 7) is 0. The van der Waals surface area contributed by atoms with E-state index in [1.165, 1.54) is 36.4 Å². The van der Waals surface area contributed by atoms with Crippen LogP contribution in [-0.4, -0.2) is 66.5 Å². The summed E-state index contributed by atoms with van der Waals surface area (Å²) < 4.78 is 80.6. The minimum atomic E-state index is -5.27. The van der Waals surface area contributed by atoms with Crippen LogP contribution in [0.25, 0.3) is 10.8 Å². The number of hydrogen-bond acceptors (Lipinski definition) is 6. The lowest BCUT2D eigenvalue weighted by molar-refractivity contribution is -0.197. The van der Waals surface area contributed by atoms with Gasteiger partial charge >= 0.3 is 18.1 Å². The van der Waals surface area contributed by atoms with Crippen molar-refractivity contribution in [2.24, 2.45) is 0 Å². The first kappa shape index (κ1) is 29.3. The zero-order valence-electron chi connectivity index (χ0n) is 19.7. The second-order valence-corrected chi connectivity index (χ2v) is 9.62. The van der Waals surface area contributed by atoms with Gasteiger partial charge in [-0.2, -0.15) is 21.6 Å². The van der Waals surface area contributed by atoms with Gasteiger partial charge in [0.25, 0.3) is 10.1 Å². The van der Waals surface area contributed by atoms with E-state index in [2.05, 4.69) is 4.74 Å². The Kier molecular flexibility index (Phi) is 8.99. The Morgan fingerprint density at radius 2 is 1.55 bits per heavy atom. The van der Waals surface area contributed by atoms with Crippen LogP contribution < -0.4 is 4.74 Å². The highest BCUT2D eigenvalue weighted by atomic mass is 32.2. The highest BCUT2D eigenvalue weighted by Crippen LogP contribution is 2.31. The molecule has 0 aliphatic carbocycles. The van der Waals surface area contributed by atoms with Crippen LogP contribution in [0.3, 0.4) is 0 Å². The summed E-state index contributed by atoms with van der Waals surface area (Å²) >= 11 is 0. The number of fused-ring (bicyclic) bond motifs is 1. The molecule has 0 aromatic heterocycles. The molecule has 3 aromatic carbocycles. The largest absolute Gasteiger partial charge is 0.448 e. The molecule has 192 valence electrons. The smallest absolute Gasteiger partial charge is 0.426 e. The lowest BCUT2D eigenvalue weighted by atomic mass is 9.81. The fraction of sp³-hybridized carbons (Fsp3) is 0.250. The maximum atomic E-state index is 13.2. The number of carbonyl (C=O) groups is 2. The van der Waals surface area contributed by atoms with Crippen LogP contribution >= 0.6 is 0 Å². The molecule has 3 aromatic rings. The molecule has 7 nitrogen and oxygen atoms in total.